The highest BCUT2D eigenvalue weighted by Gasteiger charge is 2.52. The van der Waals surface area contributed by atoms with Crippen LogP contribution in [0.25, 0.3) is 10.1 Å². The van der Waals surface area contributed by atoms with E-state index in [-0.39, 0.29) is 35.5 Å². The fraction of sp³-hybridized carbons (Fsp3) is 0.552. The van der Waals surface area contributed by atoms with Gasteiger partial charge in [0.2, 0.25) is 23.7 Å². The summed E-state index contributed by atoms with van der Waals surface area (Å²) < 4.78 is 41.3. The molecule has 5 N–H and O–H groups in total. The van der Waals surface area contributed by atoms with Crippen molar-refractivity contribution in [3.63, 3.8) is 0 Å². The van der Waals surface area contributed by atoms with Gasteiger partial charge in [0.25, 0.3) is 5.91 Å². The monoisotopic (exact) mass is 677 g/mol. The number of aromatic nitrogens is 3. The summed E-state index contributed by atoms with van der Waals surface area (Å²) in [5, 5.41) is 13.0. The molecule has 3 aliphatic heterocycles. The number of hydrogen-bond donors (Lipinski definition) is 5. The highest BCUT2D eigenvalue weighted by molar-refractivity contribution is 7.51. The molecular weight excluding hydrogens is 643 g/mol. The Kier molecular flexibility index (Phi) is 7.89. The number of fused-ring (bicyclic) bond motifs is 3. The Morgan fingerprint density at radius 1 is 1.13 bits per heavy atom. The zero-order valence-electron chi connectivity index (χ0n) is 24.8. The molecule has 3 saturated heterocycles. The van der Waals surface area contributed by atoms with Crippen molar-refractivity contribution in [2.75, 3.05) is 18.0 Å². The van der Waals surface area contributed by atoms with Gasteiger partial charge in [-0.1, -0.05) is 6.07 Å². The second-order valence-electron chi connectivity index (χ2n) is 12.8. The summed E-state index contributed by atoms with van der Waals surface area (Å²) in [7, 11) is -5.00. The van der Waals surface area contributed by atoms with Crippen LogP contribution >= 0.6 is 18.9 Å². The maximum atomic E-state index is 15.0. The summed E-state index contributed by atoms with van der Waals surface area (Å²) in [6, 6.07) is 2.99. The number of nitrogens with zero attached hydrogens (tertiary/aromatic N) is 4. The molecule has 46 heavy (non-hydrogen) atoms. The van der Waals surface area contributed by atoms with Crippen LogP contribution in [0, 0.1) is 18.8 Å². The number of nitrogens with one attached hydrogen (secondary N) is 3. The minimum Gasteiger partial charge on any atom is -0.347 e. The number of aromatic amines is 1. The molecule has 8 atom stereocenters. The van der Waals surface area contributed by atoms with E-state index in [4.69, 9.17) is 0 Å². The Hall–Kier alpha value is -3.46. The lowest BCUT2D eigenvalue weighted by Crippen LogP contribution is -2.58. The minimum atomic E-state index is -5.00. The van der Waals surface area contributed by atoms with Crippen LogP contribution in [0.1, 0.15) is 59.1 Å². The van der Waals surface area contributed by atoms with Crippen molar-refractivity contribution in [1.82, 2.24) is 30.7 Å². The van der Waals surface area contributed by atoms with Crippen molar-refractivity contribution in [2.24, 2.45) is 11.8 Å². The maximum Gasteiger partial charge on any atom is 0.363 e. The Morgan fingerprint density at radius 2 is 1.91 bits per heavy atom. The Morgan fingerprint density at radius 3 is 2.65 bits per heavy atom. The lowest BCUT2D eigenvalue weighted by molar-refractivity contribution is -0.143. The number of alkyl halides is 2. The number of halogens is 2. The lowest BCUT2D eigenvalue weighted by atomic mass is 9.99. The fourth-order valence-corrected chi connectivity index (χ4v) is 8.70. The van der Waals surface area contributed by atoms with Crippen molar-refractivity contribution < 1.29 is 37.5 Å². The van der Waals surface area contributed by atoms with Crippen molar-refractivity contribution in [1.29, 1.82) is 0 Å². The summed E-state index contributed by atoms with van der Waals surface area (Å²) in [4.78, 5) is 67.3. The third kappa shape index (κ3) is 5.91. The molecule has 246 valence electrons. The molecule has 7 rings (SSSR count). The average Bonchev–Trinajstić information content (AvgIpc) is 3.45. The molecule has 1 aliphatic carbocycles. The topological polar surface area (TPSA) is 181 Å². The summed E-state index contributed by atoms with van der Waals surface area (Å²) in [5.41, 5.74) is -0.192. The second-order valence-corrected chi connectivity index (χ2v) is 15.6. The van der Waals surface area contributed by atoms with E-state index in [2.05, 4.69) is 25.8 Å². The molecule has 0 spiro atoms. The number of aryl methyl sites for hydroxylation is 1. The number of amides is 3. The number of benzene rings is 1. The van der Waals surface area contributed by atoms with Crippen LogP contribution in [0.5, 0.6) is 0 Å². The first-order valence-corrected chi connectivity index (χ1v) is 17.8. The summed E-state index contributed by atoms with van der Waals surface area (Å²) in [6.07, 6.45) is 1.91. The number of H-pyrrole nitrogens is 1. The SMILES string of the molecule is Cc1nc(N2C[C@H](NC(=O)[C@@H]3CC[C@@H]4C[C@H]5C[C@H]5CC(NC(=O)c5cc6cc(C(F)P(=O)(O)O)ccc6s5)C(=O)N43)[C@@H](F)C2)n[nH]1. The van der Waals surface area contributed by atoms with E-state index in [9.17, 15) is 33.1 Å². The van der Waals surface area contributed by atoms with Gasteiger partial charge >= 0.3 is 7.60 Å². The van der Waals surface area contributed by atoms with Gasteiger partial charge in [0.05, 0.1) is 17.5 Å². The smallest absolute Gasteiger partial charge is 0.347 e. The van der Waals surface area contributed by atoms with Gasteiger partial charge < -0.3 is 30.2 Å². The number of carbonyl (C=O) groups is 3. The van der Waals surface area contributed by atoms with Crippen LogP contribution in [0.4, 0.5) is 14.7 Å². The van der Waals surface area contributed by atoms with Crippen molar-refractivity contribution >= 4 is 52.7 Å². The average molecular weight is 678 g/mol. The molecule has 17 heteroatoms. The van der Waals surface area contributed by atoms with Crippen LogP contribution < -0.4 is 15.5 Å². The number of carbonyl (C=O) groups excluding carboxylic acids is 3. The van der Waals surface area contributed by atoms with Gasteiger partial charge in [-0.05, 0) is 80.0 Å². The largest absolute Gasteiger partial charge is 0.363 e. The van der Waals surface area contributed by atoms with Gasteiger partial charge in [0.15, 0.2) is 0 Å². The van der Waals surface area contributed by atoms with E-state index in [1.165, 1.54) is 24.3 Å². The second kappa shape index (κ2) is 11.7. The van der Waals surface area contributed by atoms with Gasteiger partial charge in [-0.25, -0.2) is 8.78 Å². The van der Waals surface area contributed by atoms with E-state index in [0.717, 1.165) is 24.2 Å². The molecule has 13 nitrogen and oxygen atoms in total. The van der Waals surface area contributed by atoms with Crippen molar-refractivity contribution in [3.8, 4) is 0 Å². The maximum absolute atomic E-state index is 15.0. The Bertz CT molecular complexity index is 1750. The number of thiophene rings is 1. The molecule has 2 unspecified atom stereocenters. The molecule has 2 aromatic heterocycles. The first-order valence-electron chi connectivity index (χ1n) is 15.3. The first-order chi connectivity index (χ1) is 21.9. The van der Waals surface area contributed by atoms with E-state index < -0.39 is 49.6 Å². The van der Waals surface area contributed by atoms with Crippen molar-refractivity contribution in [2.45, 2.75) is 75.3 Å². The van der Waals surface area contributed by atoms with E-state index in [1.54, 1.807) is 16.7 Å². The van der Waals surface area contributed by atoms with Gasteiger partial charge in [-0.3, -0.25) is 24.0 Å². The normalized spacial score (nSPS) is 30.0. The zero-order chi connectivity index (χ0) is 32.5. The Labute approximate surface area is 266 Å². The first kappa shape index (κ1) is 31.2. The molecule has 3 amide bonds. The minimum absolute atomic E-state index is 0.0342. The molecule has 5 heterocycles. The van der Waals surface area contributed by atoms with Crippen LogP contribution in [0.3, 0.4) is 0 Å². The van der Waals surface area contributed by atoms with Crippen LogP contribution in [-0.2, 0) is 14.2 Å². The zero-order valence-corrected chi connectivity index (χ0v) is 26.5. The molecule has 4 fully saturated rings. The highest BCUT2D eigenvalue weighted by Crippen LogP contribution is 2.53. The van der Waals surface area contributed by atoms with Gasteiger partial charge in [-0.15, -0.1) is 16.4 Å². The summed E-state index contributed by atoms with van der Waals surface area (Å²) in [5.74, 6) is -2.09. The quantitative estimate of drug-likeness (QED) is 0.235. The Balaban J connectivity index is 1.06. The number of hydrogen-bond acceptors (Lipinski definition) is 8. The number of rotatable bonds is 7. The molecular formula is C29H34F2N7O6PS. The molecule has 1 saturated carbocycles. The lowest BCUT2D eigenvalue weighted by Gasteiger charge is -2.35. The van der Waals surface area contributed by atoms with Crippen LogP contribution in [0.2, 0.25) is 0 Å². The van der Waals surface area contributed by atoms with E-state index in [1.807, 2.05) is 0 Å². The summed E-state index contributed by atoms with van der Waals surface area (Å²) in [6.45, 7) is 1.97. The number of anilines is 1. The van der Waals surface area contributed by atoms with E-state index in [0.29, 0.717) is 53.0 Å². The molecule has 4 aliphatic rings. The fourth-order valence-electron chi connectivity index (χ4n) is 7.21. The third-order valence-corrected chi connectivity index (χ3v) is 11.6. The van der Waals surface area contributed by atoms with Crippen molar-refractivity contribution in [3.05, 3.63) is 40.5 Å². The van der Waals surface area contributed by atoms with E-state index >= 15 is 4.39 Å². The van der Waals surface area contributed by atoms with Crippen LogP contribution in [0.15, 0.2) is 24.3 Å². The predicted octanol–water partition coefficient (Wildman–Crippen LogP) is 2.70. The predicted molar refractivity (Wildman–Crippen MR) is 164 cm³/mol. The summed E-state index contributed by atoms with van der Waals surface area (Å²) >= 11 is 1.12. The molecule has 3 aromatic rings. The van der Waals surface area contributed by atoms with Crippen LogP contribution in [-0.4, -0.2) is 91.0 Å². The molecule has 0 bridgehead atoms. The highest BCUT2D eigenvalue weighted by atomic mass is 32.1. The standard InChI is InChI=1S/C29H34F2N7O6PS/c1-13-32-29(36-35-13)37-11-19(30)21(12-37)34-26(39)22-4-3-18-8-15-7-16(15)9-20(28(41)38(18)22)33-27(40)24-10-17-6-14(2-5-23(17)46-24)25(31)45(42,43)44/h2,5-6,10,15-16,18-22,25H,3-4,7-9,11-12H2,1H3,(H,33,40)(H,34,39)(H,32,35,36)(H2,42,43,44)/t15-,16+,18-,19+,20?,21+,22+,25?/m1/s1. The van der Waals surface area contributed by atoms with Gasteiger partial charge in [0, 0.05) is 17.3 Å². The third-order valence-electron chi connectivity index (χ3n) is 9.62. The van der Waals surface area contributed by atoms with Gasteiger partial charge in [-0.2, -0.15) is 4.98 Å². The molecule has 0 radical (unpaired) electrons. The molecule has 1 aromatic carbocycles. The van der Waals surface area contributed by atoms with Gasteiger partial charge in [0.1, 0.15) is 24.1 Å².